The lowest BCUT2D eigenvalue weighted by molar-refractivity contribution is -0.125. The monoisotopic (exact) mass is 277 g/mol. The van der Waals surface area contributed by atoms with Crippen molar-refractivity contribution in [3.63, 3.8) is 0 Å². The topological polar surface area (TPSA) is 70.6 Å². The Morgan fingerprint density at radius 1 is 1.42 bits per heavy atom. The Morgan fingerprint density at radius 3 is 2.84 bits per heavy atom. The summed E-state index contributed by atoms with van der Waals surface area (Å²) in [4.78, 5) is 27.5. The van der Waals surface area contributed by atoms with E-state index >= 15 is 0 Å². The molecule has 1 saturated heterocycles. The molecule has 1 atom stereocenters. The van der Waals surface area contributed by atoms with Gasteiger partial charge in [-0.2, -0.15) is 0 Å². The highest BCUT2D eigenvalue weighted by Crippen LogP contribution is 2.24. The van der Waals surface area contributed by atoms with Crippen LogP contribution in [-0.4, -0.2) is 28.8 Å². The van der Waals surface area contributed by atoms with Crippen LogP contribution < -0.4 is 10.6 Å². The number of thioether (sulfide) groups is 1. The molecule has 0 bridgehead atoms. The Labute approximate surface area is 115 Å². The maximum absolute atomic E-state index is 11.7. The van der Waals surface area contributed by atoms with E-state index in [1.807, 2.05) is 37.3 Å². The molecule has 0 saturated carbocycles. The third-order valence-corrected chi connectivity index (χ3v) is 3.59. The molecule has 1 aromatic rings. The summed E-state index contributed by atoms with van der Waals surface area (Å²) in [5.41, 5.74) is 0.781. The fourth-order valence-corrected chi connectivity index (χ4v) is 2.64. The van der Waals surface area contributed by atoms with Gasteiger partial charge in [-0.15, -0.1) is 0 Å². The summed E-state index contributed by atoms with van der Waals surface area (Å²) in [6, 6.07) is 9.38. The SMILES string of the molecule is CCNC(=O)C[C@H]1SC(=Nc2ccccc2)NC1=O. The Hall–Kier alpha value is -1.82. The Balaban J connectivity index is 1.99. The van der Waals surface area contributed by atoms with Crippen molar-refractivity contribution in [2.75, 3.05) is 6.54 Å². The smallest absolute Gasteiger partial charge is 0.240 e. The summed E-state index contributed by atoms with van der Waals surface area (Å²) in [5, 5.41) is 5.53. The maximum Gasteiger partial charge on any atom is 0.240 e. The van der Waals surface area contributed by atoms with E-state index in [2.05, 4.69) is 15.6 Å². The van der Waals surface area contributed by atoms with Crippen molar-refractivity contribution in [2.24, 2.45) is 4.99 Å². The summed E-state index contributed by atoms with van der Waals surface area (Å²) in [5.74, 6) is -0.276. The highest BCUT2D eigenvalue weighted by atomic mass is 32.2. The van der Waals surface area contributed by atoms with Gasteiger partial charge in [0.1, 0.15) is 5.25 Å². The van der Waals surface area contributed by atoms with Crippen LogP contribution in [0.25, 0.3) is 0 Å². The first-order valence-electron chi connectivity index (χ1n) is 6.07. The minimum absolute atomic E-state index is 0.115. The van der Waals surface area contributed by atoms with Crippen LogP contribution in [0.4, 0.5) is 5.69 Å². The van der Waals surface area contributed by atoms with Crippen molar-refractivity contribution >= 4 is 34.4 Å². The first kappa shape index (κ1) is 13.6. The predicted octanol–water partition coefficient (Wildman–Crippen LogP) is 1.43. The largest absolute Gasteiger partial charge is 0.356 e. The molecule has 2 amide bonds. The Morgan fingerprint density at radius 2 is 2.16 bits per heavy atom. The fraction of sp³-hybridized carbons (Fsp3) is 0.308. The maximum atomic E-state index is 11.7. The minimum Gasteiger partial charge on any atom is -0.356 e. The third kappa shape index (κ3) is 3.82. The van der Waals surface area contributed by atoms with Crippen LogP contribution >= 0.6 is 11.8 Å². The van der Waals surface area contributed by atoms with E-state index in [0.717, 1.165) is 5.69 Å². The van der Waals surface area contributed by atoms with Crippen LogP contribution in [0.1, 0.15) is 13.3 Å². The number of amidine groups is 1. The van der Waals surface area contributed by atoms with Crippen molar-refractivity contribution in [1.29, 1.82) is 0 Å². The number of nitrogens with zero attached hydrogens (tertiary/aromatic N) is 1. The third-order valence-electron chi connectivity index (χ3n) is 2.51. The average Bonchev–Trinajstić information content (AvgIpc) is 2.71. The molecule has 1 aliphatic heterocycles. The van der Waals surface area contributed by atoms with Crippen molar-refractivity contribution in [3.05, 3.63) is 30.3 Å². The molecule has 5 nitrogen and oxygen atoms in total. The zero-order valence-electron chi connectivity index (χ0n) is 10.6. The minimum atomic E-state index is -0.394. The number of benzene rings is 1. The number of carbonyl (C=O) groups excluding carboxylic acids is 2. The molecule has 0 unspecified atom stereocenters. The lowest BCUT2D eigenvalue weighted by Crippen LogP contribution is -2.31. The lowest BCUT2D eigenvalue weighted by atomic mass is 10.2. The van der Waals surface area contributed by atoms with Gasteiger partial charge in [-0.3, -0.25) is 9.59 Å². The zero-order valence-corrected chi connectivity index (χ0v) is 11.4. The first-order chi connectivity index (χ1) is 9.19. The average molecular weight is 277 g/mol. The second-order valence-electron chi connectivity index (χ2n) is 4.01. The molecule has 19 heavy (non-hydrogen) atoms. The van der Waals surface area contributed by atoms with Gasteiger partial charge in [-0.05, 0) is 19.1 Å². The number of hydrogen-bond donors (Lipinski definition) is 2. The number of carbonyl (C=O) groups is 2. The van der Waals surface area contributed by atoms with E-state index in [0.29, 0.717) is 11.7 Å². The van der Waals surface area contributed by atoms with Crippen LogP contribution in [0, 0.1) is 0 Å². The summed E-state index contributed by atoms with van der Waals surface area (Å²) in [6.07, 6.45) is 0.179. The molecule has 0 aromatic heterocycles. The Bertz CT molecular complexity index is 502. The molecule has 1 fully saturated rings. The van der Waals surface area contributed by atoms with E-state index < -0.39 is 5.25 Å². The Kier molecular flexibility index (Phi) is 4.57. The molecular formula is C13H15N3O2S. The van der Waals surface area contributed by atoms with Gasteiger partial charge in [-0.25, -0.2) is 4.99 Å². The molecule has 1 aliphatic rings. The molecule has 0 aliphatic carbocycles. The van der Waals surface area contributed by atoms with Gasteiger partial charge in [0.25, 0.3) is 0 Å². The lowest BCUT2D eigenvalue weighted by Gasteiger charge is -2.04. The van der Waals surface area contributed by atoms with E-state index in [1.54, 1.807) is 0 Å². The van der Waals surface area contributed by atoms with Gasteiger partial charge >= 0.3 is 0 Å². The molecule has 2 rings (SSSR count). The fourth-order valence-electron chi connectivity index (χ4n) is 1.65. The molecule has 1 heterocycles. The molecule has 100 valence electrons. The summed E-state index contributed by atoms with van der Waals surface area (Å²) < 4.78 is 0. The second kappa shape index (κ2) is 6.38. The number of amides is 2. The summed E-state index contributed by atoms with van der Waals surface area (Å²) in [7, 11) is 0. The van der Waals surface area contributed by atoms with Crippen LogP contribution in [0.2, 0.25) is 0 Å². The number of para-hydroxylation sites is 1. The van der Waals surface area contributed by atoms with E-state index in [9.17, 15) is 9.59 Å². The van der Waals surface area contributed by atoms with Crippen LogP contribution in [0.5, 0.6) is 0 Å². The second-order valence-corrected chi connectivity index (χ2v) is 5.20. The molecule has 2 N–H and O–H groups in total. The summed E-state index contributed by atoms with van der Waals surface area (Å²) >= 11 is 1.30. The number of hydrogen-bond acceptors (Lipinski definition) is 4. The molecule has 0 spiro atoms. The van der Waals surface area contributed by atoms with Crippen LogP contribution in [0.15, 0.2) is 35.3 Å². The first-order valence-corrected chi connectivity index (χ1v) is 6.95. The normalized spacial score (nSPS) is 20.4. The van der Waals surface area contributed by atoms with Crippen molar-refractivity contribution < 1.29 is 9.59 Å². The summed E-state index contributed by atoms with van der Waals surface area (Å²) in [6.45, 7) is 2.42. The highest BCUT2D eigenvalue weighted by molar-refractivity contribution is 8.15. The van der Waals surface area contributed by atoms with Crippen molar-refractivity contribution in [1.82, 2.24) is 10.6 Å². The standard InChI is InChI=1S/C13H15N3O2S/c1-2-14-11(17)8-10-12(18)16-13(19-10)15-9-6-4-3-5-7-9/h3-7,10H,2,8H2,1H3,(H,14,17)(H,15,16,18)/t10-/m1/s1. The quantitative estimate of drug-likeness (QED) is 0.874. The number of aliphatic imine (C=N–C) groups is 1. The highest BCUT2D eigenvalue weighted by Gasteiger charge is 2.31. The molecule has 0 radical (unpaired) electrons. The van der Waals surface area contributed by atoms with E-state index in [-0.39, 0.29) is 18.2 Å². The number of rotatable bonds is 4. The van der Waals surface area contributed by atoms with E-state index in [4.69, 9.17) is 0 Å². The van der Waals surface area contributed by atoms with E-state index in [1.165, 1.54) is 11.8 Å². The van der Waals surface area contributed by atoms with Crippen LogP contribution in [-0.2, 0) is 9.59 Å². The van der Waals surface area contributed by atoms with Crippen molar-refractivity contribution in [2.45, 2.75) is 18.6 Å². The van der Waals surface area contributed by atoms with Gasteiger partial charge in [0.15, 0.2) is 5.17 Å². The van der Waals surface area contributed by atoms with Gasteiger partial charge in [-0.1, -0.05) is 30.0 Å². The number of nitrogens with one attached hydrogen (secondary N) is 2. The van der Waals surface area contributed by atoms with Gasteiger partial charge < -0.3 is 10.6 Å². The predicted molar refractivity (Wildman–Crippen MR) is 76.4 cm³/mol. The van der Waals surface area contributed by atoms with Gasteiger partial charge in [0, 0.05) is 13.0 Å². The molecular weight excluding hydrogens is 262 g/mol. The zero-order chi connectivity index (χ0) is 13.7. The van der Waals surface area contributed by atoms with Crippen molar-refractivity contribution in [3.8, 4) is 0 Å². The van der Waals surface area contributed by atoms with Crippen LogP contribution in [0.3, 0.4) is 0 Å². The molecule has 6 heteroatoms. The van der Waals surface area contributed by atoms with Gasteiger partial charge in [0.05, 0.1) is 5.69 Å². The van der Waals surface area contributed by atoms with Gasteiger partial charge in [0.2, 0.25) is 11.8 Å². The molecule has 1 aromatic carbocycles.